The number of rotatable bonds is 7. The van der Waals surface area contributed by atoms with Crippen molar-refractivity contribution in [3.8, 4) is 23.0 Å². The first-order valence-corrected chi connectivity index (χ1v) is 13.4. The van der Waals surface area contributed by atoms with Crippen molar-refractivity contribution in [2.45, 2.75) is 19.8 Å². The van der Waals surface area contributed by atoms with E-state index in [1.165, 1.54) is 6.07 Å². The van der Waals surface area contributed by atoms with Gasteiger partial charge in [-0.25, -0.2) is 4.98 Å². The van der Waals surface area contributed by atoms with Gasteiger partial charge >= 0.3 is 0 Å². The van der Waals surface area contributed by atoms with Gasteiger partial charge in [-0.05, 0) is 79.5 Å². The quantitative estimate of drug-likeness (QED) is 0.159. The van der Waals surface area contributed by atoms with E-state index in [0.29, 0.717) is 51.3 Å². The fourth-order valence-corrected chi connectivity index (χ4v) is 4.97. The predicted molar refractivity (Wildman–Crippen MR) is 160 cm³/mol. The number of nitro benzene ring substituents is 1. The van der Waals surface area contributed by atoms with E-state index >= 15 is 0 Å². The second kappa shape index (κ2) is 11.8. The maximum Gasteiger partial charge on any atom is 0.293 e. The molecular formula is C29H29N5O6S. The standard InChI is InChI=1S/C29H29N5O6S/c1-17-10-12-33(13-11-17)22-7-4-18(14-23(22)34(36)37)27(35)32-29(41)30-20-6-9-24-21(16-20)31-28(40-24)19-5-8-25(38-2)26(15-19)39-3/h4-9,14-17H,10-13H2,1-3H3,(H2,30,32,35,41). The van der Waals surface area contributed by atoms with Crippen LogP contribution in [0.15, 0.2) is 59.0 Å². The number of oxazole rings is 1. The molecule has 1 aromatic heterocycles. The number of nitrogens with zero attached hydrogens (tertiary/aromatic N) is 3. The molecule has 0 saturated carbocycles. The molecule has 212 valence electrons. The number of nitro groups is 1. The molecule has 1 amide bonds. The van der Waals surface area contributed by atoms with Crippen LogP contribution in [-0.2, 0) is 0 Å². The van der Waals surface area contributed by atoms with Gasteiger partial charge in [0.1, 0.15) is 11.2 Å². The molecule has 11 nitrogen and oxygen atoms in total. The summed E-state index contributed by atoms with van der Waals surface area (Å²) in [7, 11) is 3.12. The highest BCUT2D eigenvalue weighted by molar-refractivity contribution is 7.80. The Morgan fingerprint density at radius 2 is 1.83 bits per heavy atom. The van der Waals surface area contributed by atoms with Gasteiger partial charge in [0.05, 0.1) is 19.1 Å². The van der Waals surface area contributed by atoms with E-state index in [9.17, 15) is 14.9 Å². The van der Waals surface area contributed by atoms with E-state index in [1.807, 2.05) is 11.0 Å². The minimum absolute atomic E-state index is 0.0368. The fourth-order valence-electron chi connectivity index (χ4n) is 4.76. The molecule has 0 unspecified atom stereocenters. The van der Waals surface area contributed by atoms with Crippen molar-refractivity contribution in [2.24, 2.45) is 5.92 Å². The highest BCUT2D eigenvalue weighted by Crippen LogP contribution is 2.34. The Labute approximate surface area is 241 Å². The van der Waals surface area contributed by atoms with Crippen LogP contribution in [0.25, 0.3) is 22.6 Å². The van der Waals surface area contributed by atoms with Gasteiger partial charge in [0.25, 0.3) is 11.6 Å². The SMILES string of the molecule is COc1ccc(-c2nc3cc(NC(=S)NC(=O)c4ccc(N5CCC(C)CC5)c([N+](=O)[O-])c4)ccc3o2)cc1OC. The average molecular weight is 576 g/mol. The molecule has 2 N–H and O–H groups in total. The van der Waals surface area contributed by atoms with Crippen LogP contribution in [0, 0.1) is 16.0 Å². The van der Waals surface area contributed by atoms with E-state index < -0.39 is 10.8 Å². The van der Waals surface area contributed by atoms with Crippen molar-refractivity contribution in [2.75, 3.05) is 37.5 Å². The number of thiocarbonyl (C=S) groups is 1. The number of ether oxygens (including phenoxy) is 2. The molecule has 2 heterocycles. The number of aromatic nitrogens is 1. The third-order valence-corrected chi connectivity index (χ3v) is 7.27. The van der Waals surface area contributed by atoms with Crippen LogP contribution in [0.2, 0.25) is 0 Å². The van der Waals surface area contributed by atoms with Crippen molar-refractivity contribution < 1.29 is 23.6 Å². The minimum atomic E-state index is -0.553. The zero-order chi connectivity index (χ0) is 29.1. The van der Waals surface area contributed by atoms with Crippen LogP contribution in [0.3, 0.4) is 0 Å². The Hall–Kier alpha value is -4.71. The molecular weight excluding hydrogens is 546 g/mol. The van der Waals surface area contributed by atoms with Crippen LogP contribution in [0.5, 0.6) is 11.5 Å². The third kappa shape index (κ3) is 6.07. The highest BCUT2D eigenvalue weighted by atomic mass is 32.1. The van der Waals surface area contributed by atoms with Gasteiger partial charge in [-0.3, -0.25) is 20.2 Å². The van der Waals surface area contributed by atoms with Crippen molar-refractivity contribution in [1.82, 2.24) is 10.3 Å². The lowest BCUT2D eigenvalue weighted by atomic mass is 9.98. The summed E-state index contributed by atoms with van der Waals surface area (Å²) in [5, 5.41) is 17.4. The van der Waals surface area contributed by atoms with Crippen molar-refractivity contribution in [3.63, 3.8) is 0 Å². The van der Waals surface area contributed by atoms with Crippen LogP contribution < -0.4 is 25.0 Å². The third-order valence-electron chi connectivity index (χ3n) is 7.06. The number of nitrogens with one attached hydrogen (secondary N) is 2. The normalized spacial score (nSPS) is 13.6. The molecule has 1 aliphatic heterocycles. The van der Waals surface area contributed by atoms with Gasteiger partial charge in [-0.2, -0.15) is 0 Å². The molecule has 0 radical (unpaired) electrons. The Balaban J connectivity index is 1.28. The van der Waals surface area contributed by atoms with Crippen molar-refractivity contribution in [1.29, 1.82) is 0 Å². The topological polar surface area (TPSA) is 132 Å². The lowest BCUT2D eigenvalue weighted by Crippen LogP contribution is -2.35. The molecule has 3 aromatic carbocycles. The summed E-state index contributed by atoms with van der Waals surface area (Å²) in [5.41, 5.74) is 2.99. The van der Waals surface area contributed by atoms with Crippen molar-refractivity contribution >= 4 is 51.4 Å². The first kappa shape index (κ1) is 27.8. The average Bonchev–Trinajstić information content (AvgIpc) is 3.40. The zero-order valence-electron chi connectivity index (χ0n) is 22.8. The number of piperidine rings is 1. The smallest absolute Gasteiger partial charge is 0.293 e. The largest absolute Gasteiger partial charge is 0.493 e. The van der Waals surface area contributed by atoms with Crippen molar-refractivity contribution in [3.05, 3.63) is 70.3 Å². The van der Waals surface area contributed by atoms with Gasteiger partial charge in [0.15, 0.2) is 22.2 Å². The molecule has 4 aromatic rings. The van der Waals surface area contributed by atoms with E-state index in [0.717, 1.165) is 25.9 Å². The van der Waals surface area contributed by atoms with E-state index in [2.05, 4.69) is 22.5 Å². The van der Waals surface area contributed by atoms with Gasteiger partial charge in [-0.1, -0.05) is 6.92 Å². The summed E-state index contributed by atoms with van der Waals surface area (Å²) in [6.07, 6.45) is 1.94. The summed E-state index contributed by atoms with van der Waals surface area (Å²) in [6, 6.07) is 15.1. The maximum atomic E-state index is 12.9. The Kier molecular flexibility index (Phi) is 8.02. The number of carbonyl (C=O) groups is 1. The number of anilines is 2. The zero-order valence-corrected chi connectivity index (χ0v) is 23.6. The summed E-state index contributed by atoms with van der Waals surface area (Å²) in [6.45, 7) is 3.66. The number of hydrogen-bond acceptors (Lipinski definition) is 9. The Morgan fingerprint density at radius 1 is 1.07 bits per heavy atom. The number of hydrogen-bond donors (Lipinski definition) is 2. The predicted octanol–water partition coefficient (Wildman–Crippen LogP) is 5.78. The molecule has 1 saturated heterocycles. The Morgan fingerprint density at radius 3 is 2.54 bits per heavy atom. The number of fused-ring (bicyclic) bond motifs is 1. The number of methoxy groups -OCH3 is 2. The number of carbonyl (C=O) groups excluding carboxylic acids is 1. The second-order valence-electron chi connectivity index (χ2n) is 9.81. The first-order valence-electron chi connectivity index (χ1n) is 13.0. The van der Waals surface area contributed by atoms with Crippen LogP contribution in [0.1, 0.15) is 30.1 Å². The summed E-state index contributed by atoms with van der Waals surface area (Å²) < 4.78 is 16.6. The minimum Gasteiger partial charge on any atom is -0.493 e. The maximum absolute atomic E-state index is 12.9. The highest BCUT2D eigenvalue weighted by Gasteiger charge is 2.25. The molecule has 0 atom stereocenters. The lowest BCUT2D eigenvalue weighted by Gasteiger charge is -2.31. The number of amides is 1. The molecule has 0 spiro atoms. The van der Waals surface area contributed by atoms with Gasteiger partial charge in [-0.15, -0.1) is 0 Å². The van der Waals surface area contributed by atoms with Gasteiger partial charge in [0.2, 0.25) is 5.89 Å². The second-order valence-corrected chi connectivity index (χ2v) is 10.2. The summed E-state index contributed by atoms with van der Waals surface area (Å²) in [5.74, 6) is 1.59. The molecule has 12 heteroatoms. The van der Waals surface area contributed by atoms with Gasteiger partial charge in [0, 0.05) is 36.0 Å². The number of benzene rings is 3. The summed E-state index contributed by atoms with van der Waals surface area (Å²) >= 11 is 5.34. The monoisotopic (exact) mass is 575 g/mol. The molecule has 0 bridgehead atoms. The van der Waals surface area contributed by atoms with Gasteiger partial charge < -0.3 is 24.1 Å². The lowest BCUT2D eigenvalue weighted by molar-refractivity contribution is -0.384. The van der Waals surface area contributed by atoms with Crippen LogP contribution in [0.4, 0.5) is 17.1 Å². The van der Waals surface area contributed by atoms with Crippen LogP contribution >= 0.6 is 12.2 Å². The molecule has 41 heavy (non-hydrogen) atoms. The van der Waals surface area contributed by atoms with E-state index in [4.69, 9.17) is 26.1 Å². The van der Waals surface area contributed by atoms with Crippen LogP contribution in [-0.4, -0.2) is 48.2 Å². The molecule has 1 aliphatic rings. The Bertz CT molecular complexity index is 1630. The summed E-state index contributed by atoms with van der Waals surface area (Å²) in [4.78, 5) is 30.8. The first-order chi connectivity index (χ1) is 19.7. The molecule has 1 fully saturated rings. The molecule has 0 aliphatic carbocycles. The van der Waals surface area contributed by atoms with E-state index in [-0.39, 0.29) is 16.4 Å². The fraction of sp³-hybridized carbons (Fsp3) is 0.276. The van der Waals surface area contributed by atoms with E-state index in [1.54, 1.807) is 56.7 Å². The molecule has 5 rings (SSSR count).